The van der Waals surface area contributed by atoms with E-state index in [0.29, 0.717) is 27.4 Å². The van der Waals surface area contributed by atoms with E-state index in [1.54, 1.807) is 31.6 Å². The summed E-state index contributed by atoms with van der Waals surface area (Å²) in [5, 5.41) is 4.42. The zero-order valence-electron chi connectivity index (χ0n) is 16.4. The molecule has 0 aliphatic rings. The summed E-state index contributed by atoms with van der Waals surface area (Å²) < 4.78 is 6.31. The normalized spacial score (nSPS) is 12.1. The van der Waals surface area contributed by atoms with Crippen molar-refractivity contribution in [2.24, 2.45) is 0 Å². The van der Waals surface area contributed by atoms with Crippen molar-refractivity contribution in [1.29, 1.82) is 0 Å². The molecule has 5 nitrogen and oxygen atoms in total. The number of fused-ring (bicyclic) bond motifs is 1. The van der Waals surface area contributed by atoms with Crippen LogP contribution in [-0.2, 0) is 0 Å². The maximum Gasteiger partial charge on any atom is 0.196 e. The largest absolute Gasteiger partial charge is 0.455 e. The minimum Gasteiger partial charge on any atom is -0.455 e. The summed E-state index contributed by atoms with van der Waals surface area (Å²) in [6.45, 7) is 5.78. The number of hydrogen-bond acceptors (Lipinski definition) is 5. The molecule has 0 fully saturated rings. The Morgan fingerprint density at radius 1 is 1.14 bits per heavy atom. The Hall–Kier alpha value is -3.18. The number of aromatic nitrogens is 2. The molecule has 3 heterocycles. The first-order valence-electron chi connectivity index (χ1n) is 9.30. The highest BCUT2D eigenvalue weighted by molar-refractivity contribution is 6.29. The van der Waals surface area contributed by atoms with Gasteiger partial charge in [-0.1, -0.05) is 17.7 Å². The van der Waals surface area contributed by atoms with Gasteiger partial charge in [0.15, 0.2) is 5.43 Å². The lowest BCUT2D eigenvalue weighted by atomic mass is 9.99. The van der Waals surface area contributed by atoms with E-state index in [2.05, 4.69) is 15.3 Å². The molecule has 0 aliphatic heterocycles. The summed E-state index contributed by atoms with van der Waals surface area (Å²) in [6.07, 6.45) is 5.07. The summed E-state index contributed by atoms with van der Waals surface area (Å²) >= 11 is 5.88. The Morgan fingerprint density at radius 3 is 2.66 bits per heavy atom. The van der Waals surface area contributed by atoms with Crippen molar-refractivity contribution in [3.05, 3.63) is 87.1 Å². The lowest BCUT2D eigenvalue weighted by molar-refractivity contribution is 0.605. The van der Waals surface area contributed by atoms with E-state index in [1.807, 2.05) is 44.2 Å². The third kappa shape index (κ3) is 3.74. The summed E-state index contributed by atoms with van der Waals surface area (Å²) in [7, 11) is 0. The molecule has 3 aromatic heterocycles. The van der Waals surface area contributed by atoms with Crippen molar-refractivity contribution < 1.29 is 4.42 Å². The Morgan fingerprint density at radius 2 is 1.97 bits per heavy atom. The van der Waals surface area contributed by atoms with Crippen LogP contribution in [0.3, 0.4) is 0 Å². The molecule has 6 heteroatoms. The van der Waals surface area contributed by atoms with Crippen LogP contribution >= 0.6 is 11.6 Å². The van der Waals surface area contributed by atoms with E-state index >= 15 is 0 Å². The first-order valence-corrected chi connectivity index (χ1v) is 9.68. The van der Waals surface area contributed by atoms with Gasteiger partial charge in [-0.3, -0.25) is 9.78 Å². The predicted molar refractivity (Wildman–Crippen MR) is 116 cm³/mol. The van der Waals surface area contributed by atoms with Crippen LogP contribution in [0, 0.1) is 13.8 Å². The standard InChI is InChI=1S/C23H20ClN3O2/c1-13-9-18(15(3)27-17-6-7-20(24)26-12-17)23-19(10-13)21(28)14(2)22(29-23)16-5-4-8-25-11-16/h4-12,15,27H,1-3H3. The van der Waals surface area contributed by atoms with Crippen molar-refractivity contribution in [3.8, 4) is 11.3 Å². The number of nitrogens with one attached hydrogen (secondary N) is 1. The molecule has 4 rings (SSSR count). The third-order valence-corrected chi connectivity index (χ3v) is 5.12. The first-order chi connectivity index (χ1) is 13.9. The van der Waals surface area contributed by atoms with E-state index in [-0.39, 0.29) is 11.5 Å². The smallest absolute Gasteiger partial charge is 0.196 e. The molecule has 0 amide bonds. The predicted octanol–water partition coefficient (Wildman–Crippen LogP) is 5.69. The molecule has 146 valence electrons. The van der Waals surface area contributed by atoms with E-state index in [1.165, 1.54) is 0 Å². The molecule has 0 radical (unpaired) electrons. The molecule has 0 aliphatic carbocycles. The quantitative estimate of drug-likeness (QED) is 0.441. The summed E-state index contributed by atoms with van der Waals surface area (Å²) in [5.41, 5.74) is 4.62. The number of nitrogens with zero attached hydrogens (tertiary/aromatic N) is 2. The molecule has 29 heavy (non-hydrogen) atoms. The minimum atomic E-state index is -0.118. The summed E-state index contributed by atoms with van der Waals surface area (Å²) in [4.78, 5) is 21.4. The molecular weight excluding hydrogens is 386 g/mol. The second-order valence-electron chi connectivity index (χ2n) is 7.09. The molecule has 0 saturated carbocycles. The fourth-order valence-electron chi connectivity index (χ4n) is 3.45. The van der Waals surface area contributed by atoms with Gasteiger partial charge in [0.05, 0.1) is 23.3 Å². The number of halogens is 1. The maximum absolute atomic E-state index is 13.1. The molecule has 1 atom stereocenters. The number of rotatable bonds is 4. The number of benzene rings is 1. The van der Waals surface area contributed by atoms with Crippen LogP contribution in [0.5, 0.6) is 0 Å². The molecule has 0 saturated heterocycles. The van der Waals surface area contributed by atoms with Crippen LogP contribution < -0.4 is 10.7 Å². The van der Waals surface area contributed by atoms with Gasteiger partial charge in [0.1, 0.15) is 16.5 Å². The maximum atomic E-state index is 13.1. The van der Waals surface area contributed by atoms with Crippen LogP contribution in [0.2, 0.25) is 5.15 Å². The highest BCUT2D eigenvalue weighted by atomic mass is 35.5. The lowest BCUT2D eigenvalue weighted by Crippen LogP contribution is -2.12. The zero-order chi connectivity index (χ0) is 20.5. The van der Waals surface area contributed by atoms with Crippen molar-refractivity contribution >= 4 is 28.3 Å². The third-order valence-electron chi connectivity index (χ3n) is 4.89. The second-order valence-corrected chi connectivity index (χ2v) is 7.48. The van der Waals surface area contributed by atoms with Gasteiger partial charge in [-0.2, -0.15) is 0 Å². The minimum absolute atomic E-state index is 0.0320. The number of aryl methyl sites for hydroxylation is 1. The highest BCUT2D eigenvalue weighted by Crippen LogP contribution is 2.31. The Balaban J connectivity index is 1.88. The van der Waals surface area contributed by atoms with Gasteiger partial charge in [0.25, 0.3) is 0 Å². The molecule has 1 N–H and O–H groups in total. The van der Waals surface area contributed by atoms with Crippen LogP contribution in [0.25, 0.3) is 22.3 Å². The van der Waals surface area contributed by atoms with Crippen LogP contribution in [0.15, 0.2) is 64.2 Å². The molecule has 4 aromatic rings. The van der Waals surface area contributed by atoms with Crippen molar-refractivity contribution in [2.75, 3.05) is 5.32 Å². The average molecular weight is 406 g/mol. The van der Waals surface area contributed by atoms with Crippen molar-refractivity contribution in [2.45, 2.75) is 26.8 Å². The topological polar surface area (TPSA) is 68.0 Å². The zero-order valence-corrected chi connectivity index (χ0v) is 17.1. The summed E-state index contributed by atoms with van der Waals surface area (Å²) in [5.74, 6) is 0.543. The van der Waals surface area contributed by atoms with Crippen LogP contribution in [0.4, 0.5) is 5.69 Å². The van der Waals surface area contributed by atoms with Gasteiger partial charge >= 0.3 is 0 Å². The van der Waals surface area contributed by atoms with Gasteiger partial charge in [-0.05, 0) is 56.7 Å². The van der Waals surface area contributed by atoms with Crippen molar-refractivity contribution in [3.63, 3.8) is 0 Å². The van der Waals surface area contributed by atoms with Gasteiger partial charge in [0, 0.05) is 29.1 Å². The second kappa shape index (κ2) is 7.68. The molecular formula is C23H20ClN3O2. The Kier molecular flexibility index (Phi) is 5.07. The van der Waals surface area contributed by atoms with E-state index in [9.17, 15) is 4.79 Å². The molecule has 0 spiro atoms. The molecule has 1 aromatic carbocycles. The lowest BCUT2D eigenvalue weighted by Gasteiger charge is -2.18. The van der Waals surface area contributed by atoms with Gasteiger partial charge in [-0.25, -0.2) is 4.98 Å². The number of hydrogen-bond donors (Lipinski definition) is 1. The fraction of sp³-hybridized carbons (Fsp3) is 0.174. The monoisotopic (exact) mass is 405 g/mol. The Bertz CT molecular complexity index is 1240. The average Bonchev–Trinajstić information content (AvgIpc) is 2.72. The SMILES string of the molecule is Cc1cc(C(C)Nc2ccc(Cl)nc2)c2oc(-c3cccnc3)c(C)c(=O)c2c1. The number of pyridine rings is 2. The highest BCUT2D eigenvalue weighted by Gasteiger charge is 2.19. The van der Waals surface area contributed by atoms with Gasteiger partial charge < -0.3 is 9.73 Å². The first kappa shape index (κ1) is 19.2. The van der Waals surface area contributed by atoms with E-state index < -0.39 is 0 Å². The fourth-order valence-corrected chi connectivity index (χ4v) is 3.56. The molecule has 0 bridgehead atoms. The van der Waals surface area contributed by atoms with Crippen LogP contribution in [-0.4, -0.2) is 9.97 Å². The number of anilines is 1. The van der Waals surface area contributed by atoms with Gasteiger partial charge in [-0.15, -0.1) is 0 Å². The van der Waals surface area contributed by atoms with E-state index in [0.717, 1.165) is 22.4 Å². The van der Waals surface area contributed by atoms with Crippen molar-refractivity contribution in [1.82, 2.24) is 9.97 Å². The van der Waals surface area contributed by atoms with Gasteiger partial charge in [0.2, 0.25) is 0 Å². The summed E-state index contributed by atoms with van der Waals surface area (Å²) in [6, 6.07) is 11.1. The Labute approximate surface area is 173 Å². The molecule has 1 unspecified atom stereocenters. The van der Waals surface area contributed by atoms with E-state index in [4.69, 9.17) is 16.0 Å². The van der Waals surface area contributed by atoms with Crippen LogP contribution in [0.1, 0.15) is 29.7 Å².